The Bertz CT molecular complexity index is 2940. The minimum Gasteiger partial charge on any atom is -0.497 e. The van der Waals surface area contributed by atoms with Crippen LogP contribution in [0.4, 0.5) is 13.2 Å². The number of unbranched alkanes of at least 4 members (excludes halogenated alkanes) is 2. The molecule has 1 saturated heterocycles. The predicted molar refractivity (Wildman–Crippen MR) is 429 cm³/mol. The van der Waals surface area contributed by atoms with Crippen LogP contribution in [0, 0.1) is 6.92 Å². The summed E-state index contributed by atoms with van der Waals surface area (Å²) >= 11 is 1.73. The molecule has 0 bridgehead atoms. The van der Waals surface area contributed by atoms with Crippen LogP contribution >= 0.6 is 23.5 Å². The van der Waals surface area contributed by atoms with Gasteiger partial charge in [0.25, 0.3) is 0 Å². The maximum Gasteiger partial charge on any atom is 0.446 e. The fraction of sp³-hybridized carbons (Fsp3) is 0.471. The third-order valence-corrected chi connectivity index (χ3v) is 17.1. The number of para-hydroxylation sites is 1. The van der Waals surface area contributed by atoms with Crippen molar-refractivity contribution < 1.29 is 27.1 Å². The predicted octanol–water partition coefficient (Wildman–Crippen LogP) is 26.0. The Hall–Kier alpha value is -6.21. The van der Waals surface area contributed by atoms with E-state index in [0.29, 0.717) is 0 Å². The molecule has 1 aliphatic heterocycles. The highest BCUT2D eigenvalue weighted by atomic mass is 32.2. The highest BCUT2D eigenvalue weighted by Gasteiger charge is 2.29. The molecule has 0 N–H and O–H groups in total. The lowest BCUT2D eigenvalue weighted by Crippen LogP contribution is -2.45. The van der Waals surface area contributed by atoms with E-state index in [1.165, 1.54) is 153 Å². The molecule has 11 heteroatoms. The molecule has 1 fully saturated rings. The van der Waals surface area contributed by atoms with Gasteiger partial charge in [-0.15, -0.1) is 0 Å². The van der Waals surface area contributed by atoms with Gasteiger partial charge in [-0.05, 0) is 216 Å². The molecule has 0 unspecified atom stereocenters. The smallest absolute Gasteiger partial charge is 0.446 e. The number of hydrogen-bond acceptors (Lipinski definition) is 8. The second-order valence-corrected chi connectivity index (χ2v) is 25.1. The molecule has 0 aliphatic carbocycles. The van der Waals surface area contributed by atoms with E-state index in [4.69, 9.17) is 13.9 Å². The maximum absolute atomic E-state index is 11.9. The van der Waals surface area contributed by atoms with Gasteiger partial charge in [-0.25, -0.2) is 0 Å². The largest absolute Gasteiger partial charge is 0.497 e. The van der Waals surface area contributed by atoms with Crippen molar-refractivity contribution in [2.24, 2.45) is 0 Å². The van der Waals surface area contributed by atoms with Crippen LogP contribution in [0.25, 0.3) is 0 Å². The van der Waals surface area contributed by atoms with Crippen LogP contribution in [0.5, 0.6) is 11.5 Å². The van der Waals surface area contributed by atoms with E-state index in [2.05, 4.69) is 205 Å². The van der Waals surface area contributed by atoms with Gasteiger partial charge in [0.1, 0.15) is 17.3 Å². The molecule has 0 spiro atoms. The summed E-state index contributed by atoms with van der Waals surface area (Å²) in [7, 11) is 1.69. The lowest BCUT2D eigenvalue weighted by Gasteiger charge is -2.34. The summed E-state index contributed by atoms with van der Waals surface area (Å²) in [6.45, 7) is 37.8. The average molecular weight is 1390 g/mol. The van der Waals surface area contributed by atoms with Crippen molar-refractivity contribution in [1.29, 1.82) is 0 Å². The number of hydrogen-bond donors (Lipinski definition) is 0. The van der Waals surface area contributed by atoms with E-state index < -0.39 is 5.51 Å². The van der Waals surface area contributed by atoms with Crippen LogP contribution in [-0.2, 0) is 45.1 Å². The van der Waals surface area contributed by atoms with E-state index in [1.807, 2.05) is 74.1 Å². The number of nitrogens with zero attached hydrogens (tertiary/aromatic N) is 3. The molecule has 6 nitrogen and oxygen atoms in total. The Labute approximate surface area is 607 Å². The fourth-order valence-electron chi connectivity index (χ4n) is 9.83. The second kappa shape index (κ2) is 61.8. The minimum absolute atomic E-state index is 0. The van der Waals surface area contributed by atoms with Crippen LogP contribution in [-0.4, -0.2) is 86.3 Å². The summed E-state index contributed by atoms with van der Waals surface area (Å²) in [5.41, 5.74) is 5.09. The monoisotopic (exact) mass is 1390 g/mol. The van der Waals surface area contributed by atoms with E-state index >= 15 is 0 Å². The number of halogens is 3. The van der Waals surface area contributed by atoms with Gasteiger partial charge in [0.15, 0.2) is 0 Å². The van der Waals surface area contributed by atoms with Gasteiger partial charge in [0.05, 0.1) is 20.0 Å². The first-order valence-corrected chi connectivity index (χ1v) is 36.6. The third kappa shape index (κ3) is 46.2. The van der Waals surface area contributed by atoms with Crippen LogP contribution in [0.15, 0.2) is 219 Å². The van der Waals surface area contributed by atoms with Gasteiger partial charge in [-0.3, -0.25) is 4.90 Å². The van der Waals surface area contributed by atoms with Crippen molar-refractivity contribution in [3.05, 3.63) is 245 Å². The number of benzene rings is 7. The first kappa shape index (κ1) is 96.0. The molecule has 8 aromatic rings. The minimum atomic E-state index is -4.19. The number of ether oxygens (including phenoxy) is 2. The maximum atomic E-state index is 11.9. The molecule has 2 heterocycles. The van der Waals surface area contributed by atoms with Gasteiger partial charge in [-0.2, -0.15) is 13.2 Å². The standard InChI is InChI=1S/C14H22N2.C13H12S.C10H14O.C10H14.C9H9F3S.C9H21N.C9H12O.C9H14O.4CH4/c1-2-8-15-9-11-16(12-10-15)13-14-6-4-3-5-7-14;1-11-7-5-6-10-13(11)14-12-8-3-2-4-9-12;1-3-9-7-5-6-8-10(9)11-4-2;1-3-9-5-7-10(4-2)8-6-9;1-2-7-3-5-8(6-4-7)13-9(10,11)12;1-4-7-10(8-5-2)9-6-3;1-3-8-5-4-6-9(7-8)10-2;1-2-3-4-6-9-7-5-8-10-9;;;;/h3-7H,2,8-13H2,1H3;2-10H,1H3;5-8H,3-4H2,1-2H3;5-8H,3-4H2,1-2H3;3-6H,2H2,1H3;4-9H2,1-3H3;4-7H,3H2,1-2H3;5,7-8H,2-4,6H2,1H3;4*1H4. The molecule has 1 aliphatic rings. The Kier molecular flexibility index (Phi) is 60.6. The van der Waals surface area contributed by atoms with Crippen LogP contribution in [0.2, 0.25) is 0 Å². The molecule has 0 amide bonds. The molecule has 0 saturated carbocycles. The number of furan rings is 1. The van der Waals surface area contributed by atoms with Crippen molar-refractivity contribution in [2.75, 3.05) is 66.1 Å². The normalized spacial score (nSPS) is 11.2. The zero-order valence-electron chi connectivity index (χ0n) is 59.8. The fourth-order valence-corrected chi connectivity index (χ4v) is 11.3. The number of alkyl halides is 3. The van der Waals surface area contributed by atoms with Gasteiger partial charge >= 0.3 is 5.51 Å². The van der Waals surface area contributed by atoms with Gasteiger partial charge in [0.2, 0.25) is 0 Å². The van der Waals surface area contributed by atoms with Gasteiger partial charge in [0, 0.05) is 53.8 Å². The Morgan fingerprint density at radius 3 is 1.44 bits per heavy atom. The summed E-state index contributed by atoms with van der Waals surface area (Å²) in [6.07, 6.45) is 17.1. The third-order valence-electron chi connectivity index (χ3n) is 15.1. The Balaban J connectivity index is -0.00000105. The van der Waals surface area contributed by atoms with Crippen molar-refractivity contribution in [3.8, 4) is 11.5 Å². The van der Waals surface area contributed by atoms with Crippen molar-refractivity contribution >= 4 is 23.5 Å². The Morgan fingerprint density at radius 2 is 0.969 bits per heavy atom. The van der Waals surface area contributed by atoms with Crippen LogP contribution in [0.3, 0.4) is 0 Å². The summed E-state index contributed by atoms with van der Waals surface area (Å²) in [5.74, 6) is 3.09. The van der Waals surface area contributed by atoms with Gasteiger partial charge < -0.3 is 23.7 Å². The van der Waals surface area contributed by atoms with Crippen molar-refractivity contribution in [1.82, 2.24) is 14.7 Å². The van der Waals surface area contributed by atoms with Gasteiger partial charge in [-0.1, -0.05) is 257 Å². The lowest BCUT2D eigenvalue weighted by atomic mass is 10.1. The highest BCUT2D eigenvalue weighted by Crippen LogP contribution is 2.37. The second-order valence-electron chi connectivity index (χ2n) is 22.8. The van der Waals surface area contributed by atoms with Crippen molar-refractivity contribution in [2.45, 2.75) is 223 Å². The molecular formula is C87H134F3N3O3S2. The van der Waals surface area contributed by atoms with Crippen LogP contribution < -0.4 is 9.47 Å². The molecule has 9 rings (SSSR count). The first-order valence-electron chi connectivity index (χ1n) is 34.9. The number of methoxy groups -OCH3 is 1. The molecule has 7 aromatic carbocycles. The van der Waals surface area contributed by atoms with E-state index in [-0.39, 0.29) is 46.4 Å². The zero-order valence-corrected chi connectivity index (χ0v) is 61.5. The molecule has 1 aromatic heterocycles. The zero-order chi connectivity index (χ0) is 68.9. The van der Waals surface area contributed by atoms with Crippen LogP contribution in [0.1, 0.15) is 196 Å². The number of thioether (sulfide) groups is 1. The molecule has 548 valence electrons. The summed E-state index contributed by atoms with van der Waals surface area (Å²) in [4.78, 5) is 10.5. The molecule has 98 heavy (non-hydrogen) atoms. The summed E-state index contributed by atoms with van der Waals surface area (Å²) in [5, 5.41) is 0. The molecule has 0 atom stereocenters. The quantitative estimate of drug-likeness (QED) is 0.0414. The Morgan fingerprint density at radius 1 is 0.469 bits per heavy atom. The molecular weight excluding hydrogens is 1260 g/mol. The lowest BCUT2D eigenvalue weighted by molar-refractivity contribution is -0.0328. The topological polar surface area (TPSA) is 41.3 Å². The average Bonchev–Trinajstić information content (AvgIpc) is 1.14. The number of aryl methyl sites for hydroxylation is 7. The summed E-state index contributed by atoms with van der Waals surface area (Å²) < 4.78 is 51.3. The highest BCUT2D eigenvalue weighted by molar-refractivity contribution is 8.00. The van der Waals surface area contributed by atoms with E-state index in [9.17, 15) is 13.2 Å². The van der Waals surface area contributed by atoms with E-state index in [1.54, 1.807) is 25.5 Å². The number of rotatable bonds is 25. The van der Waals surface area contributed by atoms with Crippen molar-refractivity contribution in [3.63, 3.8) is 0 Å². The summed E-state index contributed by atoms with van der Waals surface area (Å²) in [6, 6.07) is 65.2. The molecule has 0 radical (unpaired) electrons. The first-order chi connectivity index (χ1) is 45.6. The van der Waals surface area contributed by atoms with E-state index in [0.717, 1.165) is 74.5 Å². The SMILES string of the molecule is C.C.C.C.CCCCCc1ccco1.CCCN(CCC)CCC.CCCN1CCN(Cc2ccccc2)CC1.CCOc1ccccc1CC.CCc1ccc(CC)cc1.CCc1ccc(SC(F)(F)F)cc1.CCc1cccc(OC)c1.Cc1ccccc1Sc1ccccc1. The number of piperazine rings is 1.